The molecule has 1 N–H and O–H groups in total. The Morgan fingerprint density at radius 1 is 1.08 bits per heavy atom. The number of aromatic nitrogens is 1. The summed E-state index contributed by atoms with van der Waals surface area (Å²) in [6.45, 7) is 0.226. The largest absolute Gasteiger partial charge is 0.497 e. The van der Waals surface area contributed by atoms with Crippen LogP contribution in [0.3, 0.4) is 0 Å². The number of aryl methyl sites for hydroxylation is 1. The number of hydrogen-bond donors (Lipinski definition) is 1. The molecule has 4 saturated carbocycles. The molecule has 0 atom stereocenters. The van der Waals surface area contributed by atoms with Crippen LogP contribution < -0.4 is 4.74 Å². The van der Waals surface area contributed by atoms with E-state index in [-0.39, 0.29) is 12.5 Å². The van der Waals surface area contributed by atoms with Gasteiger partial charge in [0.2, 0.25) is 0 Å². The van der Waals surface area contributed by atoms with E-state index < -0.39 is 0 Å². The first kappa shape index (κ1) is 26.1. The third-order valence-corrected chi connectivity index (χ3v) is 10.7. The smallest absolute Gasteiger partial charge is 0.266 e. The Balaban J connectivity index is 1.32. The maximum Gasteiger partial charge on any atom is 0.266 e. The molecule has 38 heavy (non-hydrogen) atoms. The van der Waals surface area contributed by atoms with Gasteiger partial charge in [-0.15, -0.1) is 0 Å². The summed E-state index contributed by atoms with van der Waals surface area (Å²) in [5.74, 6) is 3.90. The van der Waals surface area contributed by atoms with Crippen molar-refractivity contribution >= 4 is 40.3 Å². The fraction of sp³-hybridized carbons (Fsp3) is 0.548. The number of benzene rings is 1. The molecule has 1 aliphatic heterocycles. The summed E-state index contributed by atoms with van der Waals surface area (Å²) in [5, 5.41) is 9.23. The van der Waals surface area contributed by atoms with Gasteiger partial charge in [0.05, 0.1) is 12.0 Å². The van der Waals surface area contributed by atoms with Gasteiger partial charge in [0, 0.05) is 36.6 Å². The number of carbonyl (C=O) groups excluding carboxylic acids is 1. The molecule has 5 nitrogen and oxygen atoms in total. The van der Waals surface area contributed by atoms with E-state index in [0.29, 0.717) is 17.9 Å². The SMILES string of the molecule is COc1cccc(-c2cc(CCCCCO)c(/C=C3\SC(=S)N(C4C5CC6CC(C5)CC4C6)C3=O)n2C)c1. The van der Waals surface area contributed by atoms with E-state index in [1.54, 1.807) is 7.11 Å². The van der Waals surface area contributed by atoms with Gasteiger partial charge in [0.25, 0.3) is 5.91 Å². The summed E-state index contributed by atoms with van der Waals surface area (Å²) in [4.78, 5) is 16.7. The number of methoxy groups -OCH3 is 1. The molecular weight excluding hydrogens is 512 g/mol. The summed E-state index contributed by atoms with van der Waals surface area (Å²) in [6.07, 6.45) is 12.3. The number of carbonyl (C=O) groups is 1. The van der Waals surface area contributed by atoms with Gasteiger partial charge in [0.15, 0.2) is 0 Å². The number of amides is 1. The molecule has 0 radical (unpaired) electrons. The van der Waals surface area contributed by atoms with Gasteiger partial charge >= 0.3 is 0 Å². The molecule has 2 aromatic rings. The number of hydrogen-bond acceptors (Lipinski definition) is 5. The van der Waals surface area contributed by atoms with Crippen molar-refractivity contribution < 1.29 is 14.6 Å². The van der Waals surface area contributed by atoms with Crippen molar-refractivity contribution in [1.29, 1.82) is 0 Å². The molecular formula is C31H38N2O3S2. The second-order valence-electron chi connectivity index (χ2n) is 11.7. The summed E-state index contributed by atoms with van der Waals surface area (Å²) < 4.78 is 8.42. The second kappa shape index (κ2) is 10.8. The van der Waals surface area contributed by atoms with Crippen LogP contribution in [-0.4, -0.2) is 44.6 Å². The standard InChI is InChI=1S/C31H38N2O3S2/c1-32-26(21-8-6-9-25(16-21)36-2)17-22(7-4-3-5-10-34)27(32)18-28-30(35)33(31(37)38-28)29-23-12-19-11-20(14-23)15-24(29)13-19/h6,8-9,16-20,23-24,29,34H,3-5,7,10-15H2,1-2H3/b28-18-. The number of rotatable bonds is 9. The molecule has 1 aromatic heterocycles. The van der Waals surface area contributed by atoms with Crippen LogP contribution in [0.4, 0.5) is 0 Å². The molecule has 5 fully saturated rings. The lowest BCUT2D eigenvalue weighted by molar-refractivity contribution is -0.130. The average molecular weight is 551 g/mol. The monoisotopic (exact) mass is 550 g/mol. The van der Waals surface area contributed by atoms with Crippen LogP contribution in [0, 0.1) is 23.7 Å². The predicted molar refractivity (Wildman–Crippen MR) is 158 cm³/mol. The van der Waals surface area contributed by atoms with Crippen molar-refractivity contribution in [3.05, 3.63) is 46.5 Å². The van der Waals surface area contributed by atoms with E-state index in [0.717, 1.165) is 69.4 Å². The number of aliphatic hydroxyl groups is 1. The minimum Gasteiger partial charge on any atom is -0.497 e. The molecule has 0 spiro atoms. The van der Waals surface area contributed by atoms with Gasteiger partial charge < -0.3 is 14.4 Å². The van der Waals surface area contributed by atoms with E-state index in [2.05, 4.69) is 35.9 Å². The Labute approximate surface area is 235 Å². The van der Waals surface area contributed by atoms with Gasteiger partial charge in [-0.05, 0) is 105 Å². The molecule has 7 heteroatoms. The van der Waals surface area contributed by atoms with E-state index in [1.807, 2.05) is 17.0 Å². The van der Waals surface area contributed by atoms with Gasteiger partial charge in [-0.1, -0.05) is 42.5 Å². The van der Waals surface area contributed by atoms with Crippen LogP contribution in [-0.2, 0) is 18.3 Å². The Morgan fingerprint density at radius 2 is 1.82 bits per heavy atom. The van der Waals surface area contributed by atoms with E-state index in [4.69, 9.17) is 17.0 Å². The Kier molecular flexibility index (Phi) is 7.45. The molecule has 7 rings (SSSR count). The molecule has 4 bridgehead atoms. The summed E-state index contributed by atoms with van der Waals surface area (Å²) in [7, 11) is 3.77. The topological polar surface area (TPSA) is 54.7 Å². The number of unbranched alkanes of at least 4 members (excludes halogenated alkanes) is 2. The van der Waals surface area contributed by atoms with Crippen molar-refractivity contribution in [2.24, 2.45) is 30.7 Å². The molecule has 1 amide bonds. The fourth-order valence-electron chi connectivity index (χ4n) is 7.91. The molecule has 1 saturated heterocycles. The van der Waals surface area contributed by atoms with Crippen LogP contribution in [0.1, 0.15) is 62.6 Å². The highest BCUT2D eigenvalue weighted by Crippen LogP contribution is 2.56. The normalized spacial score (nSPS) is 29.2. The lowest BCUT2D eigenvalue weighted by atomic mass is 9.54. The van der Waals surface area contributed by atoms with Crippen molar-refractivity contribution in [3.63, 3.8) is 0 Å². The fourth-order valence-corrected chi connectivity index (χ4v) is 9.23. The van der Waals surface area contributed by atoms with Gasteiger partial charge in [-0.2, -0.15) is 0 Å². The van der Waals surface area contributed by atoms with Gasteiger partial charge in [-0.3, -0.25) is 9.69 Å². The molecule has 1 aromatic carbocycles. The van der Waals surface area contributed by atoms with Crippen LogP contribution in [0.2, 0.25) is 0 Å². The van der Waals surface area contributed by atoms with Crippen molar-refractivity contribution in [2.75, 3.05) is 13.7 Å². The van der Waals surface area contributed by atoms with Crippen LogP contribution in [0.5, 0.6) is 5.75 Å². The molecule has 202 valence electrons. The molecule has 5 aliphatic rings. The van der Waals surface area contributed by atoms with Crippen LogP contribution in [0.25, 0.3) is 17.3 Å². The minimum absolute atomic E-state index is 0.104. The second-order valence-corrected chi connectivity index (χ2v) is 13.4. The maximum atomic E-state index is 13.9. The zero-order valence-electron chi connectivity index (χ0n) is 22.4. The van der Waals surface area contributed by atoms with E-state index >= 15 is 0 Å². The summed E-state index contributed by atoms with van der Waals surface area (Å²) in [5.41, 5.74) is 4.48. The number of nitrogens with zero attached hydrogens (tertiary/aromatic N) is 2. The molecule has 2 heterocycles. The Bertz CT molecular complexity index is 1240. The third kappa shape index (κ3) is 4.75. The number of ether oxygens (including phenoxy) is 1. The Hall–Kier alpha value is -2.09. The van der Waals surface area contributed by atoms with Crippen molar-refractivity contribution in [2.45, 2.75) is 63.8 Å². The lowest BCUT2D eigenvalue weighted by Crippen LogP contribution is -2.57. The maximum absolute atomic E-state index is 13.9. The van der Waals surface area contributed by atoms with Crippen molar-refractivity contribution in [3.8, 4) is 17.0 Å². The van der Waals surface area contributed by atoms with Gasteiger partial charge in [-0.25, -0.2) is 0 Å². The summed E-state index contributed by atoms with van der Waals surface area (Å²) >= 11 is 7.35. The number of thioether (sulfide) groups is 1. The first-order valence-electron chi connectivity index (χ1n) is 14.2. The highest BCUT2D eigenvalue weighted by atomic mass is 32.2. The minimum atomic E-state index is 0.104. The number of aliphatic hydroxyl groups excluding tert-OH is 1. The van der Waals surface area contributed by atoms with Crippen molar-refractivity contribution in [1.82, 2.24) is 9.47 Å². The van der Waals surface area contributed by atoms with E-state index in [9.17, 15) is 9.90 Å². The first-order chi connectivity index (χ1) is 18.5. The van der Waals surface area contributed by atoms with Crippen LogP contribution in [0.15, 0.2) is 35.2 Å². The zero-order valence-corrected chi connectivity index (χ0v) is 24.0. The quantitative estimate of drug-likeness (QED) is 0.221. The first-order valence-corrected chi connectivity index (χ1v) is 15.4. The zero-order chi connectivity index (χ0) is 26.4. The third-order valence-electron chi connectivity index (χ3n) is 9.40. The lowest BCUT2D eigenvalue weighted by Gasteiger charge is -2.56. The predicted octanol–water partition coefficient (Wildman–Crippen LogP) is 6.43. The summed E-state index contributed by atoms with van der Waals surface area (Å²) in [6, 6.07) is 10.7. The Morgan fingerprint density at radius 3 is 2.50 bits per heavy atom. The average Bonchev–Trinajstić information content (AvgIpc) is 3.36. The number of thiocarbonyl (C=S) groups is 1. The molecule has 4 aliphatic carbocycles. The van der Waals surface area contributed by atoms with Crippen LogP contribution >= 0.6 is 24.0 Å². The van der Waals surface area contributed by atoms with E-state index in [1.165, 1.54) is 49.4 Å². The molecule has 0 unspecified atom stereocenters. The van der Waals surface area contributed by atoms with Gasteiger partial charge in [0.1, 0.15) is 10.1 Å². The highest BCUT2D eigenvalue weighted by Gasteiger charge is 2.53. The highest BCUT2D eigenvalue weighted by molar-refractivity contribution is 8.26.